The highest BCUT2D eigenvalue weighted by molar-refractivity contribution is 5.78. The fourth-order valence-corrected chi connectivity index (χ4v) is 2.32. The van der Waals surface area contributed by atoms with E-state index < -0.39 is 11.9 Å². The molecule has 1 N–H and O–H groups in total. The molecule has 0 spiro atoms. The second-order valence-corrected chi connectivity index (χ2v) is 4.69. The topological polar surface area (TPSA) is 38.1 Å². The van der Waals surface area contributed by atoms with Crippen molar-refractivity contribution in [1.82, 2.24) is 10.3 Å². The van der Waals surface area contributed by atoms with E-state index in [0.29, 0.717) is 23.3 Å². The van der Waals surface area contributed by atoms with Crippen LogP contribution >= 0.6 is 0 Å². The molecule has 0 bridgehead atoms. The lowest BCUT2D eigenvalue weighted by Crippen LogP contribution is -2.23. The standard InChI is InChI=1S/C16H14F2N2O/c1-2-19-16(15-12(18)4-3-7-20-15)14-9-10-8-11(17)5-6-13(10)21-14/h3-9,16,19H,2H2,1H3. The lowest BCUT2D eigenvalue weighted by atomic mass is 10.1. The molecule has 0 saturated heterocycles. The van der Waals surface area contributed by atoms with Crippen molar-refractivity contribution in [3.8, 4) is 0 Å². The van der Waals surface area contributed by atoms with Crippen LogP contribution in [0.4, 0.5) is 8.78 Å². The zero-order chi connectivity index (χ0) is 14.8. The van der Waals surface area contributed by atoms with Gasteiger partial charge >= 0.3 is 0 Å². The number of benzene rings is 1. The molecule has 1 atom stereocenters. The molecule has 0 saturated carbocycles. The van der Waals surface area contributed by atoms with Crippen LogP contribution in [-0.2, 0) is 0 Å². The molecule has 2 heterocycles. The van der Waals surface area contributed by atoms with Gasteiger partial charge in [-0.1, -0.05) is 6.92 Å². The van der Waals surface area contributed by atoms with Crippen LogP contribution in [0.1, 0.15) is 24.4 Å². The van der Waals surface area contributed by atoms with Crippen molar-refractivity contribution in [2.45, 2.75) is 13.0 Å². The molecule has 0 fully saturated rings. The van der Waals surface area contributed by atoms with Crippen molar-refractivity contribution in [3.05, 3.63) is 65.7 Å². The molecule has 3 aromatic rings. The van der Waals surface area contributed by atoms with Crippen molar-refractivity contribution in [3.63, 3.8) is 0 Å². The number of halogens is 2. The van der Waals surface area contributed by atoms with Gasteiger partial charge in [-0.3, -0.25) is 4.98 Å². The van der Waals surface area contributed by atoms with Gasteiger partial charge in [-0.2, -0.15) is 0 Å². The zero-order valence-electron chi connectivity index (χ0n) is 11.4. The molecule has 0 aliphatic carbocycles. The molecule has 0 aliphatic rings. The van der Waals surface area contributed by atoms with E-state index in [1.165, 1.54) is 30.5 Å². The van der Waals surface area contributed by atoms with Crippen molar-refractivity contribution in [1.29, 1.82) is 0 Å². The quantitative estimate of drug-likeness (QED) is 0.793. The summed E-state index contributed by atoms with van der Waals surface area (Å²) in [5, 5.41) is 3.78. The molecule has 0 amide bonds. The van der Waals surface area contributed by atoms with Gasteiger partial charge in [-0.25, -0.2) is 8.78 Å². The second kappa shape index (κ2) is 5.61. The highest BCUT2D eigenvalue weighted by Crippen LogP contribution is 2.28. The van der Waals surface area contributed by atoms with Gasteiger partial charge in [0.05, 0.1) is 0 Å². The maximum atomic E-state index is 14.0. The first-order chi connectivity index (χ1) is 10.2. The highest BCUT2D eigenvalue weighted by atomic mass is 19.1. The molecule has 21 heavy (non-hydrogen) atoms. The second-order valence-electron chi connectivity index (χ2n) is 4.69. The normalized spacial score (nSPS) is 12.7. The summed E-state index contributed by atoms with van der Waals surface area (Å²) in [6.45, 7) is 2.53. The van der Waals surface area contributed by atoms with Crippen molar-refractivity contribution < 1.29 is 13.2 Å². The van der Waals surface area contributed by atoms with Crippen LogP contribution in [-0.4, -0.2) is 11.5 Å². The Morgan fingerprint density at radius 2 is 2.10 bits per heavy atom. The lowest BCUT2D eigenvalue weighted by molar-refractivity contribution is 0.454. The summed E-state index contributed by atoms with van der Waals surface area (Å²) in [6.07, 6.45) is 1.53. The number of hydrogen-bond donors (Lipinski definition) is 1. The zero-order valence-corrected chi connectivity index (χ0v) is 11.4. The number of pyridine rings is 1. The van der Waals surface area contributed by atoms with Crippen molar-refractivity contribution >= 4 is 11.0 Å². The van der Waals surface area contributed by atoms with E-state index in [0.717, 1.165) is 0 Å². The summed E-state index contributed by atoms with van der Waals surface area (Å²) in [4.78, 5) is 4.09. The minimum Gasteiger partial charge on any atom is -0.459 e. The van der Waals surface area contributed by atoms with Gasteiger partial charge in [0, 0.05) is 11.6 Å². The van der Waals surface area contributed by atoms with Crippen molar-refractivity contribution in [2.24, 2.45) is 0 Å². The lowest BCUT2D eigenvalue weighted by Gasteiger charge is -2.15. The predicted octanol–water partition coefficient (Wildman–Crippen LogP) is 3.80. The van der Waals surface area contributed by atoms with Crippen LogP contribution in [0.3, 0.4) is 0 Å². The van der Waals surface area contributed by atoms with E-state index >= 15 is 0 Å². The summed E-state index contributed by atoms with van der Waals surface area (Å²) in [6, 6.07) is 8.38. The van der Waals surface area contributed by atoms with Crippen LogP contribution in [0.15, 0.2) is 47.0 Å². The maximum Gasteiger partial charge on any atom is 0.146 e. The molecule has 2 aromatic heterocycles. The van der Waals surface area contributed by atoms with Crippen molar-refractivity contribution in [2.75, 3.05) is 6.54 Å². The SMILES string of the molecule is CCNC(c1cc2cc(F)ccc2o1)c1ncccc1F. The van der Waals surface area contributed by atoms with Gasteiger partial charge in [-0.05, 0) is 42.9 Å². The maximum absolute atomic E-state index is 14.0. The van der Waals surface area contributed by atoms with E-state index in [9.17, 15) is 8.78 Å². The van der Waals surface area contributed by atoms with E-state index in [1.807, 2.05) is 6.92 Å². The first-order valence-electron chi connectivity index (χ1n) is 6.72. The number of fused-ring (bicyclic) bond motifs is 1. The Kier molecular flexibility index (Phi) is 3.66. The van der Waals surface area contributed by atoms with Crippen LogP contribution in [0.5, 0.6) is 0 Å². The Balaban J connectivity index is 2.09. The fraction of sp³-hybridized carbons (Fsp3) is 0.188. The first kappa shape index (κ1) is 13.7. The molecule has 0 radical (unpaired) electrons. The molecule has 5 heteroatoms. The number of hydrogen-bond acceptors (Lipinski definition) is 3. The molecular formula is C16H14F2N2O. The minimum atomic E-state index is -0.508. The minimum absolute atomic E-state index is 0.263. The van der Waals surface area contributed by atoms with E-state index in [2.05, 4.69) is 10.3 Å². The van der Waals surface area contributed by atoms with E-state index in [4.69, 9.17) is 4.42 Å². The number of aromatic nitrogens is 1. The Hall–Kier alpha value is -2.27. The summed E-state index contributed by atoms with van der Waals surface area (Å²) in [7, 11) is 0. The molecule has 3 rings (SSSR count). The van der Waals surface area contributed by atoms with E-state index in [1.54, 1.807) is 12.1 Å². The van der Waals surface area contributed by atoms with Gasteiger partial charge < -0.3 is 9.73 Å². The monoisotopic (exact) mass is 288 g/mol. The number of rotatable bonds is 4. The number of furan rings is 1. The highest BCUT2D eigenvalue weighted by Gasteiger charge is 2.22. The summed E-state index contributed by atoms with van der Waals surface area (Å²) in [5.41, 5.74) is 0.824. The average Bonchev–Trinajstić information content (AvgIpc) is 2.88. The Morgan fingerprint density at radius 3 is 2.86 bits per heavy atom. The number of nitrogens with one attached hydrogen (secondary N) is 1. The van der Waals surface area contributed by atoms with Gasteiger partial charge in [-0.15, -0.1) is 0 Å². The van der Waals surface area contributed by atoms with Gasteiger partial charge in [0.15, 0.2) is 0 Å². The van der Waals surface area contributed by atoms with E-state index in [-0.39, 0.29) is 11.5 Å². The molecule has 1 unspecified atom stereocenters. The molecule has 1 aromatic carbocycles. The largest absolute Gasteiger partial charge is 0.459 e. The predicted molar refractivity (Wildman–Crippen MR) is 75.9 cm³/mol. The Labute approximate surface area is 120 Å². The van der Waals surface area contributed by atoms with Crippen LogP contribution in [0, 0.1) is 11.6 Å². The van der Waals surface area contributed by atoms with Gasteiger partial charge in [0.25, 0.3) is 0 Å². The van der Waals surface area contributed by atoms with Crippen LogP contribution in [0.25, 0.3) is 11.0 Å². The number of nitrogens with zero attached hydrogens (tertiary/aromatic N) is 1. The van der Waals surface area contributed by atoms with Gasteiger partial charge in [0.2, 0.25) is 0 Å². The average molecular weight is 288 g/mol. The van der Waals surface area contributed by atoms with Gasteiger partial charge in [0.1, 0.15) is 34.7 Å². The smallest absolute Gasteiger partial charge is 0.146 e. The van der Waals surface area contributed by atoms with Crippen LogP contribution < -0.4 is 5.32 Å². The first-order valence-corrected chi connectivity index (χ1v) is 6.72. The third-order valence-corrected chi connectivity index (χ3v) is 3.25. The fourth-order valence-electron chi connectivity index (χ4n) is 2.32. The summed E-state index contributed by atoms with van der Waals surface area (Å²) < 4.78 is 32.9. The summed E-state index contributed by atoms with van der Waals surface area (Å²) in [5.74, 6) is -0.232. The molecular weight excluding hydrogens is 274 g/mol. The Bertz CT molecular complexity index is 770. The third kappa shape index (κ3) is 2.64. The Morgan fingerprint density at radius 1 is 1.24 bits per heavy atom. The molecule has 3 nitrogen and oxygen atoms in total. The summed E-state index contributed by atoms with van der Waals surface area (Å²) >= 11 is 0. The third-order valence-electron chi connectivity index (χ3n) is 3.25. The van der Waals surface area contributed by atoms with Crippen LogP contribution in [0.2, 0.25) is 0 Å². The molecule has 0 aliphatic heterocycles. The molecule has 108 valence electrons.